The molecule has 2 saturated heterocycles. The van der Waals surface area contributed by atoms with Gasteiger partial charge in [-0.15, -0.1) is 0 Å². The Kier molecular flexibility index (Phi) is 3.93. The molecule has 2 atom stereocenters. The highest BCUT2D eigenvalue weighted by molar-refractivity contribution is 7.80. The van der Waals surface area contributed by atoms with E-state index in [-0.39, 0.29) is 0 Å². The molecule has 2 bridgehead atoms. The van der Waals surface area contributed by atoms with Crippen molar-refractivity contribution in [2.75, 3.05) is 32.4 Å². The van der Waals surface area contributed by atoms with Crippen molar-refractivity contribution in [2.45, 2.75) is 57.0 Å². The summed E-state index contributed by atoms with van der Waals surface area (Å²) in [6.07, 6.45) is 9.93. The molecule has 1 aliphatic carbocycles. The first kappa shape index (κ1) is 13.3. The summed E-state index contributed by atoms with van der Waals surface area (Å²) in [5.74, 6) is 1.09. The third-order valence-corrected chi connectivity index (χ3v) is 6.46. The van der Waals surface area contributed by atoms with Crippen LogP contribution >= 0.6 is 12.6 Å². The molecule has 0 spiro atoms. The molecular formula is C15H28N2S. The first-order valence-electron chi connectivity index (χ1n) is 7.78. The average molecular weight is 268 g/mol. The monoisotopic (exact) mass is 268 g/mol. The Morgan fingerprint density at radius 3 is 2.56 bits per heavy atom. The Morgan fingerprint density at radius 2 is 1.83 bits per heavy atom. The molecule has 3 rings (SSSR count). The van der Waals surface area contributed by atoms with Crippen molar-refractivity contribution in [1.29, 1.82) is 0 Å². The molecule has 2 heterocycles. The van der Waals surface area contributed by atoms with Crippen LogP contribution in [-0.2, 0) is 0 Å². The van der Waals surface area contributed by atoms with Gasteiger partial charge in [-0.25, -0.2) is 0 Å². The van der Waals surface area contributed by atoms with Crippen LogP contribution in [0.25, 0.3) is 0 Å². The number of hydrogen-bond acceptors (Lipinski definition) is 3. The van der Waals surface area contributed by atoms with E-state index in [1.54, 1.807) is 0 Å². The van der Waals surface area contributed by atoms with Gasteiger partial charge in [0.1, 0.15) is 0 Å². The second-order valence-corrected chi connectivity index (χ2v) is 7.26. The van der Waals surface area contributed by atoms with Crippen molar-refractivity contribution >= 4 is 12.6 Å². The maximum Gasteiger partial charge on any atom is 0.0223 e. The number of fused-ring (bicyclic) bond motifs is 2. The molecule has 0 aromatic carbocycles. The van der Waals surface area contributed by atoms with E-state index in [1.165, 1.54) is 64.6 Å². The van der Waals surface area contributed by atoms with E-state index >= 15 is 0 Å². The lowest BCUT2D eigenvalue weighted by Crippen LogP contribution is -2.42. The second kappa shape index (κ2) is 5.34. The van der Waals surface area contributed by atoms with Gasteiger partial charge < -0.3 is 4.90 Å². The molecule has 3 heteroatoms. The molecule has 3 aliphatic rings. The SMILES string of the molecule is CN1C2CCC1CN(CC1(CS)CCCC1)CC2. The standard InChI is InChI=1S/C15H28N2S/c1-16-13-4-5-14(16)10-17(9-6-13)11-15(12-18)7-2-3-8-15/h13-14,18H,2-12H2,1H3. The molecular weight excluding hydrogens is 240 g/mol. The third kappa shape index (κ3) is 2.46. The number of hydrogen-bond donors (Lipinski definition) is 1. The highest BCUT2D eigenvalue weighted by Gasteiger charge is 2.39. The highest BCUT2D eigenvalue weighted by Crippen LogP contribution is 2.40. The maximum absolute atomic E-state index is 4.66. The molecule has 2 nitrogen and oxygen atoms in total. The van der Waals surface area contributed by atoms with E-state index in [0.29, 0.717) is 5.41 Å². The highest BCUT2D eigenvalue weighted by atomic mass is 32.1. The van der Waals surface area contributed by atoms with E-state index in [1.807, 2.05) is 0 Å². The van der Waals surface area contributed by atoms with Gasteiger partial charge in [0, 0.05) is 25.2 Å². The number of rotatable bonds is 3. The van der Waals surface area contributed by atoms with Crippen LogP contribution in [-0.4, -0.2) is 54.3 Å². The van der Waals surface area contributed by atoms with Gasteiger partial charge in [0.2, 0.25) is 0 Å². The molecule has 0 radical (unpaired) electrons. The Morgan fingerprint density at radius 1 is 1.11 bits per heavy atom. The van der Waals surface area contributed by atoms with Crippen LogP contribution in [0, 0.1) is 5.41 Å². The Hall–Kier alpha value is 0.270. The van der Waals surface area contributed by atoms with Crippen LogP contribution in [0.2, 0.25) is 0 Å². The molecule has 104 valence electrons. The summed E-state index contributed by atoms with van der Waals surface area (Å²) >= 11 is 4.66. The van der Waals surface area contributed by atoms with Crippen molar-refractivity contribution in [3.63, 3.8) is 0 Å². The predicted octanol–water partition coefficient (Wildman–Crippen LogP) is 2.65. The average Bonchev–Trinajstić information content (AvgIpc) is 2.90. The Labute approximate surface area is 118 Å². The van der Waals surface area contributed by atoms with Crippen LogP contribution < -0.4 is 0 Å². The largest absolute Gasteiger partial charge is 0.301 e. The van der Waals surface area contributed by atoms with Gasteiger partial charge in [-0.2, -0.15) is 12.6 Å². The topological polar surface area (TPSA) is 6.48 Å². The molecule has 18 heavy (non-hydrogen) atoms. The fourth-order valence-corrected chi connectivity index (χ4v) is 4.90. The van der Waals surface area contributed by atoms with Crippen LogP contribution in [0.4, 0.5) is 0 Å². The number of thiol groups is 1. The summed E-state index contributed by atoms with van der Waals surface area (Å²) in [5, 5.41) is 0. The van der Waals surface area contributed by atoms with Crippen LogP contribution in [0.1, 0.15) is 44.9 Å². The Balaban J connectivity index is 1.63. The molecule has 0 N–H and O–H groups in total. The summed E-state index contributed by atoms with van der Waals surface area (Å²) in [5.41, 5.74) is 0.547. The summed E-state index contributed by atoms with van der Waals surface area (Å²) in [6, 6.07) is 1.70. The minimum Gasteiger partial charge on any atom is -0.301 e. The number of likely N-dealkylation sites (N-methyl/N-ethyl adjacent to an activating group) is 1. The minimum absolute atomic E-state index is 0.547. The molecule has 3 fully saturated rings. The lowest BCUT2D eigenvalue weighted by Gasteiger charge is -2.35. The first-order chi connectivity index (χ1) is 8.72. The van der Waals surface area contributed by atoms with Crippen molar-refractivity contribution < 1.29 is 0 Å². The van der Waals surface area contributed by atoms with Gasteiger partial charge in [-0.3, -0.25) is 4.90 Å². The quantitative estimate of drug-likeness (QED) is 0.786. The zero-order valence-corrected chi connectivity index (χ0v) is 12.7. The summed E-state index contributed by atoms with van der Waals surface area (Å²) < 4.78 is 0. The fourth-order valence-electron chi connectivity index (χ4n) is 4.49. The zero-order chi connectivity index (χ0) is 12.6. The summed E-state index contributed by atoms with van der Waals surface area (Å²) in [7, 11) is 2.34. The number of likely N-dealkylation sites (tertiary alicyclic amines) is 1. The maximum atomic E-state index is 4.66. The zero-order valence-electron chi connectivity index (χ0n) is 11.8. The molecule has 0 amide bonds. The van der Waals surface area contributed by atoms with Gasteiger partial charge >= 0.3 is 0 Å². The van der Waals surface area contributed by atoms with Gasteiger partial charge in [-0.1, -0.05) is 12.8 Å². The van der Waals surface area contributed by atoms with Crippen LogP contribution in [0.15, 0.2) is 0 Å². The van der Waals surface area contributed by atoms with Crippen molar-refractivity contribution in [3.05, 3.63) is 0 Å². The van der Waals surface area contributed by atoms with Gasteiger partial charge in [0.15, 0.2) is 0 Å². The molecule has 1 saturated carbocycles. The van der Waals surface area contributed by atoms with E-state index < -0.39 is 0 Å². The van der Waals surface area contributed by atoms with Crippen LogP contribution in [0.3, 0.4) is 0 Å². The lowest BCUT2D eigenvalue weighted by molar-refractivity contribution is 0.155. The second-order valence-electron chi connectivity index (χ2n) is 6.94. The lowest BCUT2D eigenvalue weighted by atomic mass is 9.87. The fraction of sp³-hybridized carbons (Fsp3) is 1.00. The van der Waals surface area contributed by atoms with Crippen molar-refractivity contribution in [2.24, 2.45) is 5.41 Å². The Bertz CT molecular complexity index is 288. The van der Waals surface area contributed by atoms with Gasteiger partial charge in [0.05, 0.1) is 0 Å². The third-order valence-electron chi connectivity index (χ3n) is 5.79. The van der Waals surface area contributed by atoms with Crippen molar-refractivity contribution in [3.8, 4) is 0 Å². The van der Waals surface area contributed by atoms with Gasteiger partial charge in [0.25, 0.3) is 0 Å². The van der Waals surface area contributed by atoms with E-state index in [2.05, 4.69) is 29.5 Å². The molecule has 2 unspecified atom stereocenters. The smallest absolute Gasteiger partial charge is 0.0223 e. The van der Waals surface area contributed by atoms with E-state index in [4.69, 9.17) is 0 Å². The predicted molar refractivity (Wildman–Crippen MR) is 80.4 cm³/mol. The number of nitrogens with zero attached hydrogens (tertiary/aromatic N) is 2. The normalized spacial score (nSPS) is 37.0. The van der Waals surface area contributed by atoms with Crippen LogP contribution in [0.5, 0.6) is 0 Å². The minimum atomic E-state index is 0.547. The van der Waals surface area contributed by atoms with E-state index in [9.17, 15) is 0 Å². The summed E-state index contributed by atoms with van der Waals surface area (Å²) in [6.45, 7) is 3.94. The van der Waals surface area contributed by atoms with Gasteiger partial charge in [-0.05, 0) is 56.9 Å². The molecule has 0 aromatic rings. The summed E-state index contributed by atoms with van der Waals surface area (Å²) in [4.78, 5) is 5.42. The van der Waals surface area contributed by atoms with Crippen molar-refractivity contribution in [1.82, 2.24) is 9.80 Å². The first-order valence-corrected chi connectivity index (χ1v) is 8.41. The molecule has 0 aromatic heterocycles. The van der Waals surface area contributed by atoms with E-state index in [0.717, 1.165) is 17.8 Å². The molecule has 2 aliphatic heterocycles.